The zero-order valence-corrected chi connectivity index (χ0v) is 12.9. The summed E-state index contributed by atoms with van der Waals surface area (Å²) in [6, 6.07) is 10.7. The van der Waals surface area contributed by atoms with Crippen LogP contribution in [0.15, 0.2) is 30.3 Å². The van der Waals surface area contributed by atoms with Crippen molar-refractivity contribution in [3.8, 4) is 0 Å². The molecule has 2 aromatic rings. The summed E-state index contributed by atoms with van der Waals surface area (Å²) in [5, 5.41) is 4.76. The number of aromatic nitrogens is 1. The Morgan fingerprint density at radius 2 is 2.15 bits per heavy atom. The minimum absolute atomic E-state index is 0.625. The third-order valence-electron chi connectivity index (χ3n) is 3.95. The van der Waals surface area contributed by atoms with Gasteiger partial charge in [-0.3, -0.25) is 0 Å². The lowest BCUT2D eigenvalue weighted by Crippen LogP contribution is -2.24. The summed E-state index contributed by atoms with van der Waals surface area (Å²) in [6.07, 6.45) is 4.81. The molecule has 0 saturated carbocycles. The second-order valence-corrected chi connectivity index (χ2v) is 6.64. The first-order chi connectivity index (χ1) is 9.86. The molecule has 20 heavy (non-hydrogen) atoms. The zero-order valence-electron chi connectivity index (χ0n) is 12.1. The van der Waals surface area contributed by atoms with Gasteiger partial charge in [0.05, 0.1) is 10.7 Å². The van der Waals surface area contributed by atoms with Crippen LogP contribution in [0.1, 0.15) is 46.8 Å². The van der Waals surface area contributed by atoms with E-state index in [0.717, 1.165) is 19.5 Å². The summed E-state index contributed by atoms with van der Waals surface area (Å²) in [4.78, 5) is 6.49. The predicted octanol–water partition coefficient (Wildman–Crippen LogP) is 3.76. The number of likely N-dealkylation sites (N-methyl/N-ethyl adjacent to an activating group) is 1. The fourth-order valence-electron chi connectivity index (χ4n) is 2.92. The zero-order chi connectivity index (χ0) is 13.8. The van der Waals surface area contributed by atoms with Gasteiger partial charge in [0.2, 0.25) is 0 Å². The molecule has 1 heterocycles. The molecular weight excluding hydrogens is 264 g/mol. The van der Waals surface area contributed by atoms with Crippen LogP contribution in [0.2, 0.25) is 0 Å². The molecule has 1 aliphatic carbocycles. The van der Waals surface area contributed by atoms with E-state index in [2.05, 4.69) is 42.6 Å². The molecule has 0 fully saturated rings. The van der Waals surface area contributed by atoms with E-state index in [-0.39, 0.29) is 0 Å². The Balaban J connectivity index is 1.77. The third kappa shape index (κ3) is 3.10. The first kappa shape index (κ1) is 13.8. The Hall–Kier alpha value is -1.19. The highest BCUT2D eigenvalue weighted by molar-refractivity contribution is 7.11. The van der Waals surface area contributed by atoms with Gasteiger partial charge in [-0.05, 0) is 31.4 Å². The molecular formula is C17H22N2S. The van der Waals surface area contributed by atoms with Crippen molar-refractivity contribution < 1.29 is 0 Å². The molecule has 1 N–H and O–H groups in total. The molecule has 3 rings (SSSR count). The summed E-state index contributed by atoms with van der Waals surface area (Å²) in [5.74, 6) is 0.625. The van der Waals surface area contributed by atoms with Gasteiger partial charge in [0.15, 0.2) is 0 Å². The van der Waals surface area contributed by atoms with Gasteiger partial charge < -0.3 is 5.32 Å². The fraction of sp³-hybridized carbons (Fsp3) is 0.471. The molecule has 2 nitrogen and oxygen atoms in total. The summed E-state index contributed by atoms with van der Waals surface area (Å²) in [5.41, 5.74) is 2.75. The van der Waals surface area contributed by atoms with E-state index in [1.54, 1.807) is 0 Å². The first-order valence-corrected chi connectivity index (χ1v) is 8.41. The maximum absolute atomic E-state index is 4.96. The van der Waals surface area contributed by atoms with Gasteiger partial charge in [-0.2, -0.15) is 0 Å². The maximum atomic E-state index is 4.96. The minimum Gasteiger partial charge on any atom is -0.316 e. The van der Waals surface area contributed by atoms with E-state index in [1.165, 1.54) is 40.4 Å². The molecule has 0 bridgehead atoms. The Kier molecular flexibility index (Phi) is 4.48. The molecule has 0 spiro atoms. The number of hydrogen-bond donors (Lipinski definition) is 1. The van der Waals surface area contributed by atoms with E-state index in [9.17, 15) is 0 Å². The average molecular weight is 286 g/mol. The highest BCUT2D eigenvalue weighted by Gasteiger charge is 2.24. The quantitative estimate of drug-likeness (QED) is 0.905. The lowest BCUT2D eigenvalue weighted by atomic mass is 9.91. The number of nitrogens with one attached hydrogen (secondary N) is 1. The van der Waals surface area contributed by atoms with Crippen molar-refractivity contribution in [3.05, 3.63) is 51.5 Å². The van der Waals surface area contributed by atoms with Crippen molar-refractivity contribution in [2.75, 3.05) is 13.1 Å². The lowest BCUT2D eigenvalue weighted by Gasteiger charge is -2.21. The van der Waals surface area contributed by atoms with Crippen LogP contribution < -0.4 is 5.32 Å². The van der Waals surface area contributed by atoms with Crippen LogP contribution in [-0.4, -0.2) is 18.1 Å². The van der Waals surface area contributed by atoms with Crippen molar-refractivity contribution in [1.29, 1.82) is 0 Å². The molecule has 0 saturated heterocycles. The van der Waals surface area contributed by atoms with Crippen molar-refractivity contribution >= 4 is 11.3 Å². The molecule has 1 aromatic heterocycles. The summed E-state index contributed by atoms with van der Waals surface area (Å²) < 4.78 is 0. The molecule has 0 aliphatic heterocycles. The Bertz CT molecular complexity index is 547. The first-order valence-electron chi connectivity index (χ1n) is 7.60. The molecule has 1 aliphatic rings. The molecule has 1 atom stereocenters. The van der Waals surface area contributed by atoms with Crippen LogP contribution in [0, 0.1) is 0 Å². The number of rotatable bonds is 5. The van der Waals surface area contributed by atoms with E-state index in [4.69, 9.17) is 4.98 Å². The second-order valence-electron chi connectivity index (χ2n) is 5.48. The summed E-state index contributed by atoms with van der Waals surface area (Å²) >= 11 is 1.93. The average Bonchev–Trinajstić information content (AvgIpc) is 2.89. The maximum Gasteiger partial charge on any atom is 0.0975 e. The fourth-order valence-corrected chi connectivity index (χ4v) is 4.15. The summed E-state index contributed by atoms with van der Waals surface area (Å²) in [6.45, 7) is 4.30. The van der Waals surface area contributed by atoms with Gasteiger partial charge in [-0.25, -0.2) is 4.98 Å². The van der Waals surface area contributed by atoms with Crippen molar-refractivity contribution in [1.82, 2.24) is 10.3 Å². The van der Waals surface area contributed by atoms with Crippen molar-refractivity contribution in [3.63, 3.8) is 0 Å². The van der Waals surface area contributed by atoms with E-state index in [1.807, 2.05) is 11.3 Å². The standard InChI is InChI=1S/C17H22N2S/c1-2-18-12-14-9-6-10-15-17(14)19-16(20-15)11-13-7-4-3-5-8-13/h3-5,7-8,14,18H,2,6,9-12H2,1H3. The van der Waals surface area contributed by atoms with Gasteiger partial charge in [-0.15, -0.1) is 11.3 Å². The van der Waals surface area contributed by atoms with E-state index >= 15 is 0 Å². The van der Waals surface area contributed by atoms with Crippen molar-refractivity contribution in [2.24, 2.45) is 0 Å². The lowest BCUT2D eigenvalue weighted by molar-refractivity contribution is 0.508. The molecule has 106 valence electrons. The van der Waals surface area contributed by atoms with Gasteiger partial charge >= 0.3 is 0 Å². The number of aryl methyl sites for hydroxylation is 1. The minimum atomic E-state index is 0.625. The second kappa shape index (κ2) is 6.51. The smallest absolute Gasteiger partial charge is 0.0975 e. The van der Waals surface area contributed by atoms with Crippen LogP contribution >= 0.6 is 11.3 Å². The summed E-state index contributed by atoms with van der Waals surface area (Å²) in [7, 11) is 0. The topological polar surface area (TPSA) is 24.9 Å². The van der Waals surface area contributed by atoms with Crippen LogP contribution in [0.5, 0.6) is 0 Å². The van der Waals surface area contributed by atoms with Crippen molar-refractivity contribution in [2.45, 2.75) is 38.5 Å². The van der Waals surface area contributed by atoms with Crippen LogP contribution in [0.4, 0.5) is 0 Å². The monoisotopic (exact) mass is 286 g/mol. The Labute approximate surface area is 125 Å². The van der Waals surface area contributed by atoms with Gasteiger partial charge in [-0.1, -0.05) is 37.3 Å². The highest BCUT2D eigenvalue weighted by Crippen LogP contribution is 2.35. The van der Waals surface area contributed by atoms with Gasteiger partial charge in [0.1, 0.15) is 0 Å². The van der Waals surface area contributed by atoms with Crippen LogP contribution in [0.25, 0.3) is 0 Å². The van der Waals surface area contributed by atoms with Crippen LogP contribution in [-0.2, 0) is 12.8 Å². The Morgan fingerprint density at radius 1 is 1.30 bits per heavy atom. The molecule has 0 amide bonds. The largest absolute Gasteiger partial charge is 0.316 e. The predicted molar refractivity (Wildman–Crippen MR) is 85.6 cm³/mol. The number of hydrogen-bond acceptors (Lipinski definition) is 3. The molecule has 0 radical (unpaired) electrons. The van der Waals surface area contributed by atoms with Gasteiger partial charge in [0.25, 0.3) is 0 Å². The van der Waals surface area contributed by atoms with E-state index < -0.39 is 0 Å². The normalized spacial score (nSPS) is 17.9. The Morgan fingerprint density at radius 3 is 2.95 bits per heavy atom. The van der Waals surface area contributed by atoms with Crippen LogP contribution in [0.3, 0.4) is 0 Å². The number of thiazole rings is 1. The van der Waals surface area contributed by atoms with Gasteiger partial charge in [0, 0.05) is 23.8 Å². The highest BCUT2D eigenvalue weighted by atomic mass is 32.1. The molecule has 3 heteroatoms. The third-order valence-corrected chi connectivity index (χ3v) is 5.08. The molecule has 1 aromatic carbocycles. The van der Waals surface area contributed by atoms with E-state index in [0.29, 0.717) is 5.92 Å². The molecule has 1 unspecified atom stereocenters. The SMILES string of the molecule is CCNCC1CCCc2sc(Cc3ccccc3)nc21. The number of fused-ring (bicyclic) bond motifs is 1. The number of nitrogens with zero attached hydrogens (tertiary/aromatic N) is 1. The number of benzene rings is 1.